The summed E-state index contributed by atoms with van der Waals surface area (Å²) in [5.41, 5.74) is 0. The molecule has 0 aromatic rings. The summed E-state index contributed by atoms with van der Waals surface area (Å²) in [5.74, 6) is 3.13. The van der Waals surface area contributed by atoms with Crippen LogP contribution >= 0.6 is 0 Å². The van der Waals surface area contributed by atoms with E-state index in [1.165, 1.54) is 83.5 Å². The normalized spacial score (nSPS) is 10.4. The molecule has 0 aromatic heterocycles. The molecule has 0 saturated carbocycles. The highest BCUT2D eigenvalue weighted by atomic mass is 16.4. The van der Waals surface area contributed by atoms with Gasteiger partial charge >= 0.3 is 11.9 Å². The van der Waals surface area contributed by atoms with Crippen LogP contribution in [0, 0.1) is 11.8 Å². The highest BCUT2D eigenvalue weighted by Crippen LogP contribution is 2.14. The summed E-state index contributed by atoms with van der Waals surface area (Å²) >= 11 is 0. The predicted octanol–water partition coefficient (Wildman–Crippen LogP) is 6.57. The first kappa shape index (κ1) is 25.5. The molecule has 0 fully saturated rings. The molecule has 2 N–H and O–H groups in total. The third-order valence-corrected chi connectivity index (χ3v) is 4.89. The fourth-order valence-electron chi connectivity index (χ4n) is 3.28. The first-order valence-corrected chi connectivity index (χ1v) is 11.1. The Labute approximate surface area is 166 Å². The molecule has 0 amide bonds. The summed E-state index contributed by atoms with van der Waals surface area (Å²) < 4.78 is 0. The predicted molar refractivity (Wildman–Crippen MR) is 111 cm³/mol. The first-order valence-electron chi connectivity index (χ1n) is 11.1. The van der Waals surface area contributed by atoms with Gasteiger partial charge in [-0.2, -0.15) is 0 Å². The molecule has 156 valence electrons. The number of rotatable bonds is 19. The van der Waals surface area contributed by atoms with Crippen molar-refractivity contribution >= 4 is 11.9 Å². The topological polar surface area (TPSA) is 74.6 Å². The van der Waals surface area contributed by atoms with Crippen LogP contribution in [0.4, 0.5) is 0 Å². The van der Waals surface area contributed by atoms with E-state index in [-0.39, 0.29) is 0 Å². The summed E-state index contributed by atoms with van der Waals surface area (Å²) in [4.78, 5) is 20.6. The number of carboxylic acids is 2. The van der Waals surface area contributed by atoms with Crippen molar-refractivity contribution < 1.29 is 19.8 Å². The molecule has 0 atom stereocenters. The van der Waals surface area contributed by atoms with Crippen LogP contribution in [0.15, 0.2) is 0 Å². The molecule has 0 aliphatic carbocycles. The Bertz CT molecular complexity index is 420. The Morgan fingerprint density at radius 1 is 0.519 bits per heavy atom. The third-order valence-electron chi connectivity index (χ3n) is 4.89. The second-order valence-electron chi connectivity index (χ2n) is 7.51. The minimum atomic E-state index is -1.03. The Morgan fingerprint density at radius 3 is 1.19 bits per heavy atom. The highest BCUT2D eigenvalue weighted by Gasteiger charge is 1.97. The molecule has 0 saturated heterocycles. The SMILES string of the molecule is O=C(O)C#CCCCCCCCCCCCCCCCCCCCC(=O)O. The van der Waals surface area contributed by atoms with Crippen molar-refractivity contribution in [3.8, 4) is 11.8 Å². The number of hydrogen-bond donors (Lipinski definition) is 2. The van der Waals surface area contributed by atoms with Crippen LogP contribution in [-0.2, 0) is 9.59 Å². The molecule has 0 aliphatic rings. The zero-order valence-electron chi connectivity index (χ0n) is 17.1. The second-order valence-corrected chi connectivity index (χ2v) is 7.51. The van der Waals surface area contributed by atoms with E-state index in [0.29, 0.717) is 12.8 Å². The molecule has 0 unspecified atom stereocenters. The number of carboxylic acid groups (broad SMARTS) is 2. The smallest absolute Gasteiger partial charge is 0.381 e. The number of aliphatic carboxylic acids is 2. The van der Waals surface area contributed by atoms with Gasteiger partial charge in [0, 0.05) is 18.8 Å². The molecule has 0 spiro atoms. The molecule has 4 heteroatoms. The van der Waals surface area contributed by atoms with Gasteiger partial charge in [-0.05, 0) is 12.8 Å². The fourth-order valence-corrected chi connectivity index (χ4v) is 3.28. The van der Waals surface area contributed by atoms with E-state index < -0.39 is 11.9 Å². The van der Waals surface area contributed by atoms with Crippen molar-refractivity contribution in [2.75, 3.05) is 0 Å². The van der Waals surface area contributed by atoms with E-state index in [2.05, 4.69) is 11.8 Å². The largest absolute Gasteiger partial charge is 0.481 e. The van der Waals surface area contributed by atoms with Crippen molar-refractivity contribution in [2.24, 2.45) is 0 Å². The first-order chi connectivity index (χ1) is 13.1. The fraction of sp³-hybridized carbons (Fsp3) is 0.826. The van der Waals surface area contributed by atoms with Gasteiger partial charge in [-0.25, -0.2) is 4.79 Å². The Morgan fingerprint density at radius 2 is 0.852 bits per heavy atom. The van der Waals surface area contributed by atoms with Crippen LogP contribution in [-0.4, -0.2) is 22.2 Å². The van der Waals surface area contributed by atoms with Crippen LogP contribution < -0.4 is 0 Å². The van der Waals surface area contributed by atoms with Gasteiger partial charge in [-0.15, -0.1) is 0 Å². The van der Waals surface area contributed by atoms with Crippen molar-refractivity contribution in [3.63, 3.8) is 0 Å². The highest BCUT2D eigenvalue weighted by molar-refractivity contribution is 5.86. The summed E-state index contributed by atoms with van der Waals surface area (Å²) in [7, 11) is 0. The molecule has 4 nitrogen and oxygen atoms in total. The van der Waals surface area contributed by atoms with Gasteiger partial charge < -0.3 is 10.2 Å². The monoisotopic (exact) mass is 380 g/mol. The molecule has 0 heterocycles. The van der Waals surface area contributed by atoms with E-state index in [1.54, 1.807) is 0 Å². The summed E-state index contributed by atoms with van der Waals surface area (Å²) in [5, 5.41) is 17.0. The quantitative estimate of drug-likeness (QED) is 0.196. The zero-order valence-corrected chi connectivity index (χ0v) is 17.1. The maximum atomic E-state index is 10.4. The van der Waals surface area contributed by atoms with Gasteiger partial charge in [0.1, 0.15) is 0 Å². The van der Waals surface area contributed by atoms with Crippen LogP contribution in [0.3, 0.4) is 0 Å². The second kappa shape index (κ2) is 20.8. The average molecular weight is 381 g/mol. The standard InChI is InChI=1S/C23H40O4/c24-22(25)20-18-16-14-12-10-8-6-4-2-1-3-5-7-9-11-13-15-17-19-21-23(26)27/h1-18,20H2,(H,24,25)(H,26,27). The van der Waals surface area contributed by atoms with E-state index >= 15 is 0 Å². The molecule has 0 radical (unpaired) electrons. The van der Waals surface area contributed by atoms with Gasteiger partial charge in [-0.1, -0.05) is 102 Å². The molecular weight excluding hydrogens is 340 g/mol. The molecule has 0 bridgehead atoms. The maximum absolute atomic E-state index is 10.4. The van der Waals surface area contributed by atoms with Crippen molar-refractivity contribution in [1.82, 2.24) is 0 Å². The van der Waals surface area contributed by atoms with Crippen LogP contribution in [0.5, 0.6) is 0 Å². The lowest BCUT2D eigenvalue weighted by atomic mass is 10.0. The summed E-state index contributed by atoms with van der Waals surface area (Å²) in [6.45, 7) is 0. The van der Waals surface area contributed by atoms with Gasteiger partial charge in [0.05, 0.1) is 0 Å². The van der Waals surface area contributed by atoms with E-state index in [1.807, 2.05) is 0 Å². The van der Waals surface area contributed by atoms with Crippen LogP contribution in [0.2, 0.25) is 0 Å². The average Bonchev–Trinajstić information content (AvgIpc) is 2.62. The summed E-state index contributed by atoms with van der Waals surface area (Å²) in [6, 6.07) is 0. The van der Waals surface area contributed by atoms with E-state index in [4.69, 9.17) is 10.2 Å². The van der Waals surface area contributed by atoms with E-state index in [0.717, 1.165) is 25.7 Å². The maximum Gasteiger partial charge on any atom is 0.381 e. The number of hydrogen-bond acceptors (Lipinski definition) is 2. The zero-order chi connectivity index (χ0) is 20.0. The summed E-state index contributed by atoms with van der Waals surface area (Å²) in [6.07, 6.45) is 22.1. The Hall–Kier alpha value is -1.50. The van der Waals surface area contributed by atoms with Crippen molar-refractivity contribution in [3.05, 3.63) is 0 Å². The van der Waals surface area contributed by atoms with E-state index in [9.17, 15) is 9.59 Å². The molecule has 27 heavy (non-hydrogen) atoms. The minimum Gasteiger partial charge on any atom is -0.481 e. The molecular formula is C23H40O4. The molecule has 0 aliphatic heterocycles. The minimum absolute atomic E-state index is 0.323. The van der Waals surface area contributed by atoms with Gasteiger partial charge in [-0.3, -0.25) is 4.79 Å². The van der Waals surface area contributed by atoms with Crippen molar-refractivity contribution in [1.29, 1.82) is 0 Å². The number of unbranched alkanes of at least 4 members (excludes halogenated alkanes) is 17. The van der Waals surface area contributed by atoms with Gasteiger partial charge in [0.25, 0.3) is 0 Å². The lowest BCUT2D eigenvalue weighted by Crippen LogP contribution is -1.93. The Balaban J connectivity index is 3.06. The van der Waals surface area contributed by atoms with Crippen molar-refractivity contribution in [2.45, 2.75) is 122 Å². The van der Waals surface area contributed by atoms with Crippen LogP contribution in [0.1, 0.15) is 122 Å². The number of carbonyl (C=O) groups is 2. The van der Waals surface area contributed by atoms with Gasteiger partial charge in [0.15, 0.2) is 0 Å². The molecule has 0 rings (SSSR count). The molecule has 0 aromatic carbocycles. The lowest BCUT2D eigenvalue weighted by molar-refractivity contribution is -0.137. The van der Waals surface area contributed by atoms with Gasteiger partial charge in [0.2, 0.25) is 0 Å². The Kier molecular flexibility index (Phi) is 19.7. The third kappa shape index (κ3) is 24.5. The lowest BCUT2D eigenvalue weighted by Gasteiger charge is -2.03. The van der Waals surface area contributed by atoms with Crippen LogP contribution in [0.25, 0.3) is 0 Å².